The topological polar surface area (TPSA) is 42.0 Å². The van der Waals surface area contributed by atoms with Crippen molar-refractivity contribution in [1.29, 1.82) is 0 Å². The zero-order chi connectivity index (χ0) is 17.1. The lowest BCUT2D eigenvalue weighted by atomic mass is 10.1. The maximum absolute atomic E-state index is 12.4. The summed E-state index contributed by atoms with van der Waals surface area (Å²) in [5.41, 5.74) is 2.49. The van der Waals surface area contributed by atoms with E-state index < -0.39 is 0 Å². The van der Waals surface area contributed by atoms with Crippen molar-refractivity contribution >= 4 is 17.2 Å². The summed E-state index contributed by atoms with van der Waals surface area (Å²) < 4.78 is 10.8. The van der Waals surface area contributed by atoms with Crippen molar-refractivity contribution in [1.82, 2.24) is 9.80 Å². The van der Waals surface area contributed by atoms with Gasteiger partial charge in [0.2, 0.25) is 12.7 Å². The molecule has 0 atom stereocenters. The van der Waals surface area contributed by atoms with Gasteiger partial charge in [0.25, 0.3) is 0 Å². The molecule has 0 saturated carbocycles. The van der Waals surface area contributed by atoms with Gasteiger partial charge >= 0.3 is 0 Å². The van der Waals surface area contributed by atoms with Crippen molar-refractivity contribution in [2.24, 2.45) is 0 Å². The number of hydrogen-bond donors (Lipinski definition) is 0. The first-order valence-electron chi connectivity index (χ1n) is 8.68. The van der Waals surface area contributed by atoms with Crippen LogP contribution in [0.25, 0.3) is 0 Å². The molecule has 1 aromatic heterocycles. The molecule has 0 aliphatic carbocycles. The molecule has 1 saturated heterocycles. The van der Waals surface area contributed by atoms with Crippen LogP contribution in [0.2, 0.25) is 0 Å². The Hall–Kier alpha value is -2.05. The first-order valence-corrected chi connectivity index (χ1v) is 9.62. The molecule has 0 unspecified atom stereocenters. The van der Waals surface area contributed by atoms with Crippen LogP contribution in [0, 0.1) is 0 Å². The average molecular weight is 358 g/mol. The van der Waals surface area contributed by atoms with Crippen molar-refractivity contribution in [2.45, 2.75) is 19.4 Å². The summed E-state index contributed by atoms with van der Waals surface area (Å²) in [4.78, 5) is 16.8. The largest absolute Gasteiger partial charge is 0.454 e. The van der Waals surface area contributed by atoms with Crippen LogP contribution in [0.3, 0.4) is 0 Å². The van der Waals surface area contributed by atoms with Crippen LogP contribution < -0.4 is 9.47 Å². The Morgan fingerprint density at radius 3 is 2.68 bits per heavy atom. The number of rotatable bonds is 5. The van der Waals surface area contributed by atoms with E-state index in [1.807, 2.05) is 11.0 Å². The average Bonchev–Trinajstić information content (AvgIpc) is 3.31. The van der Waals surface area contributed by atoms with Gasteiger partial charge in [0.1, 0.15) is 0 Å². The third kappa shape index (κ3) is 3.96. The Kier molecular flexibility index (Phi) is 4.90. The molecule has 1 fully saturated rings. The number of fused-ring (bicyclic) bond motifs is 1. The quantitative estimate of drug-likeness (QED) is 0.824. The highest BCUT2D eigenvalue weighted by atomic mass is 32.1. The second-order valence-electron chi connectivity index (χ2n) is 6.48. The monoisotopic (exact) mass is 358 g/mol. The second-order valence-corrected chi connectivity index (χ2v) is 7.26. The number of benzene rings is 1. The van der Waals surface area contributed by atoms with Crippen LogP contribution in [0.15, 0.2) is 35.0 Å². The lowest BCUT2D eigenvalue weighted by molar-refractivity contribution is -0.133. The van der Waals surface area contributed by atoms with E-state index >= 15 is 0 Å². The third-order valence-corrected chi connectivity index (χ3v) is 5.51. The van der Waals surface area contributed by atoms with E-state index in [-0.39, 0.29) is 5.91 Å². The van der Waals surface area contributed by atoms with Crippen molar-refractivity contribution in [2.75, 3.05) is 33.0 Å². The number of carbonyl (C=O) groups excluding carboxylic acids is 1. The van der Waals surface area contributed by atoms with E-state index in [1.165, 1.54) is 11.1 Å². The molecule has 25 heavy (non-hydrogen) atoms. The van der Waals surface area contributed by atoms with E-state index in [2.05, 4.69) is 33.9 Å². The van der Waals surface area contributed by atoms with E-state index in [4.69, 9.17) is 9.47 Å². The first kappa shape index (κ1) is 16.4. The number of hydrogen-bond acceptors (Lipinski definition) is 5. The Balaban J connectivity index is 1.24. The van der Waals surface area contributed by atoms with Gasteiger partial charge in [-0.2, -0.15) is 11.3 Å². The summed E-state index contributed by atoms with van der Waals surface area (Å²) in [6.07, 6.45) is 1.46. The van der Waals surface area contributed by atoms with Gasteiger partial charge in [0, 0.05) is 39.1 Å². The van der Waals surface area contributed by atoms with Gasteiger partial charge in [-0.05, 0) is 46.5 Å². The summed E-state index contributed by atoms with van der Waals surface area (Å²) in [6.45, 7) is 4.65. The van der Waals surface area contributed by atoms with Gasteiger partial charge in [-0.25, -0.2) is 0 Å². The minimum absolute atomic E-state index is 0.272. The SMILES string of the molecule is O=C(CCc1ccsc1)N1CCN(Cc2ccc3c(c2)OCO3)CC1. The molecule has 4 rings (SSSR count). The number of piperazine rings is 1. The lowest BCUT2D eigenvalue weighted by Gasteiger charge is -2.34. The van der Waals surface area contributed by atoms with Gasteiger partial charge in [0.15, 0.2) is 11.5 Å². The van der Waals surface area contributed by atoms with E-state index in [0.29, 0.717) is 13.2 Å². The molecule has 0 bridgehead atoms. The molecule has 1 aromatic carbocycles. The van der Waals surface area contributed by atoms with Crippen molar-refractivity contribution in [3.63, 3.8) is 0 Å². The summed E-state index contributed by atoms with van der Waals surface area (Å²) in [6, 6.07) is 8.22. The van der Waals surface area contributed by atoms with Crippen molar-refractivity contribution < 1.29 is 14.3 Å². The van der Waals surface area contributed by atoms with Crippen molar-refractivity contribution in [3.8, 4) is 11.5 Å². The van der Waals surface area contributed by atoms with Gasteiger partial charge in [0.05, 0.1) is 0 Å². The van der Waals surface area contributed by atoms with Crippen LogP contribution in [-0.4, -0.2) is 48.7 Å². The molecule has 5 nitrogen and oxygen atoms in total. The number of ether oxygens (including phenoxy) is 2. The standard InChI is InChI=1S/C19H22N2O3S/c22-19(4-2-15-5-10-25-13-15)21-8-6-20(7-9-21)12-16-1-3-17-18(11-16)24-14-23-17/h1,3,5,10-11,13H,2,4,6-9,12,14H2. The predicted molar refractivity (Wildman–Crippen MR) is 97.1 cm³/mol. The fraction of sp³-hybridized carbons (Fsp3) is 0.421. The van der Waals surface area contributed by atoms with Gasteiger partial charge in [-0.15, -0.1) is 0 Å². The molecular weight excluding hydrogens is 336 g/mol. The number of thiophene rings is 1. The summed E-state index contributed by atoms with van der Waals surface area (Å²) in [5.74, 6) is 1.93. The molecule has 0 N–H and O–H groups in total. The second kappa shape index (κ2) is 7.45. The van der Waals surface area contributed by atoms with Crippen LogP contribution in [-0.2, 0) is 17.8 Å². The predicted octanol–water partition coefficient (Wildman–Crippen LogP) is 2.75. The molecule has 3 heterocycles. The summed E-state index contributed by atoms with van der Waals surface area (Å²) in [7, 11) is 0. The highest BCUT2D eigenvalue weighted by molar-refractivity contribution is 7.07. The Labute approximate surface area is 151 Å². The maximum Gasteiger partial charge on any atom is 0.231 e. The molecule has 132 valence electrons. The van der Waals surface area contributed by atoms with Gasteiger partial charge in [-0.1, -0.05) is 6.07 Å². The number of nitrogens with zero attached hydrogens (tertiary/aromatic N) is 2. The Bertz CT molecular complexity index is 724. The minimum atomic E-state index is 0.272. The van der Waals surface area contributed by atoms with Crippen LogP contribution in [0.5, 0.6) is 11.5 Å². The van der Waals surface area contributed by atoms with Gasteiger partial charge < -0.3 is 14.4 Å². The molecule has 1 amide bonds. The number of amides is 1. The molecule has 0 spiro atoms. The highest BCUT2D eigenvalue weighted by Crippen LogP contribution is 2.32. The Morgan fingerprint density at radius 2 is 1.88 bits per heavy atom. The molecular formula is C19H22N2O3S. The number of carbonyl (C=O) groups is 1. The molecule has 0 radical (unpaired) electrons. The Morgan fingerprint density at radius 1 is 1.04 bits per heavy atom. The molecule has 6 heteroatoms. The molecule has 2 aliphatic rings. The van der Waals surface area contributed by atoms with Crippen LogP contribution >= 0.6 is 11.3 Å². The van der Waals surface area contributed by atoms with Crippen LogP contribution in [0.4, 0.5) is 0 Å². The van der Waals surface area contributed by atoms with Crippen molar-refractivity contribution in [3.05, 3.63) is 46.2 Å². The fourth-order valence-electron chi connectivity index (χ4n) is 3.30. The van der Waals surface area contributed by atoms with E-state index in [0.717, 1.165) is 50.6 Å². The zero-order valence-corrected chi connectivity index (χ0v) is 15.0. The molecule has 2 aliphatic heterocycles. The maximum atomic E-state index is 12.4. The third-order valence-electron chi connectivity index (χ3n) is 4.78. The normalized spacial score (nSPS) is 17.0. The smallest absolute Gasteiger partial charge is 0.231 e. The molecule has 2 aromatic rings. The summed E-state index contributed by atoms with van der Waals surface area (Å²) >= 11 is 1.69. The van der Waals surface area contributed by atoms with E-state index in [1.54, 1.807) is 11.3 Å². The highest BCUT2D eigenvalue weighted by Gasteiger charge is 2.21. The minimum Gasteiger partial charge on any atom is -0.454 e. The lowest BCUT2D eigenvalue weighted by Crippen LogP contribution is -2.48. The first-order chi connectivity index (χ1) is 12.3. The van der Waals surface area contributed by atoms with Gasteiger partial charge in [-0.3, -0.25) is 9.69 Å². The van der Waals surface area contributed by atoms with E-state index in [9.17, 15) is 4.79 Å². The number of aryl methyl sites for hydroxylation is 1. The zero-order valence-electron chi connectivity index (χ0n) is 14.1. The summed E-state index contributed by atoms with van der Waals surface area (Å²) in [5, 5.41) is 4.19. The fourth-order valence-corrected chi connectivity index (χ4v) is 4.00. The van der Waals surface area contributed by atoms with Crippen LogP contribution in [0.1, 0.15) is 17.5 Å².